The molecule has 7 heteroatoms. The molecule has 0 fully saturated rings. The minimum Gasteiger partial charge on any atom is -0.484 e. The Morgan fingerprint density at radius 3 is 2.39 bits per heavy atom. The van der Waals surface area contributed by atoms with Crippen LogP contribution < -0.4 is 15.5 Å². The van der Waals surface area contributed by atoms with E-state index < -0.39 is 0 Å². The highest BCUT2D eigenvalue weighted by molar-refractivity contribution is 6.31. The van der Waals surface area contributed by atoms with Gasteiger partial charge in [0.1, 0.15) is 5.75 Å². The molecule has 170 valence electrons. The third kappa shape index (κ3) is 6.92. The Bertz CT molecular complexity index is 1140. The highest BCUT2D eigenvalue weighted by Gasteiger charge is 2.10. The van der Waals surface area contributed by atoms with E-state index in [2.05, 4.69) is 29.7 Å². The number of halogens is 1. The topological polar surface area (TPSA) is 79.8 Å². The van der Waals surface area contributed by atoms with Gasteiger partial charge in [0.25, 0.3) is 11.8 Å². The predicted molar refractivity (Wildman–Crippen MR) is 132 cm³/mol. The van der Waals surface area contributed by atoms with Crippen LogP contribution >= 0.6 is 11.6 Å². The minimum atomic E-state index is -0.386. The molecule has 0 aliphatic rings. The van der Waals surface area contributed by atoms with Crippen molar-refractivity contribution < 1.29 is 14.3 Å². The minimum absolute atomic E-state index is 0.198. The second-order valence-corrected chi connectivity index (χ2v) is 8.20. The molecule has 3 aromatic carbocycles. The van der Waals surface area contributed by atoms with Crippen molar-refractivity contribution in [3.05, 3.63) is 94.0 Å². The van der Waals surface area contributed by atoms with E-state index in [0.29, 0.717) is 27.9 Å². The molecule has 0 atom stereocenters. The van der Waals surface area contributed by atoms with Crippen LogP contribution in [0.1, 0.15) is 46.8 Å². The Morgan fingerprint density at radius 2 is 1.73 bits per heavy atom. The molecular weight excluding hydrogens is 438 g/mol. The van der Waals surface area contributed by atoms with Gasteiger partial charge in [-0.3, -0.25) is 9.59 Å². The van der Waals surface area contributed by atoms with E-state index in [1.54, 1.807) is 48.7 Å². The molecule has 33 heavy (non-hydrogen) atoms. The molecule has 0 heterocycles. The number of benzene rings is 3. The summed E-state index contributed by atoms with van der Waals surface area (Å²) < 4.78 is 5.47. The van der Waals surface area contributed by atoms with E-state index in [1.807, 2.05) is 31.2 Å². The van der Waals surface area contributed by atoms with Gasteiger partial charge < -0.3 is 10.1 Å². The average Bonchev–Trinajstić information content (AvgIpc) is 2.81. The molecule has 0 aromatic heterocycles. The quantitative estimate of drug-likeness (QED) is 0.339. The second-order valence-electron chi connectivity index (χ2n) is 7.79. The summed E-state index contributed by atoms with van der Waals surface area (Å²) in [7, 11) is 0. The zero-order chi connectivity index (χ0) is 23.8. The normalized spacial score (nSPS) is 10.9. The lowest BCUT2D eigenvalue weighted by atomic mass is 10.0. The van der Waals surface area contributed by atoms with E-state index in [1.165, 1.54) is 5.56 Å². The first kappa shape index (κ1) is 24.0. The van der Waals surface area contributed by atoms with Gasteiger partial charge in [0.15, 0.2) is 6.61 Å². The molecule has 3 aromatic rings. The number of ether oxygens (including phenoxy) is 1. The van der Waals surface area contributed by atoms with Gasteiger partial charge in [-0.15, -0.1) is 0 Å². The Hall–Kier alpha value is -3.64. The fourth-order valence-corrected chi connectivity index (χ4v) is 3.14. The summed E-state index contributed by atoms with van der Waals surface area (Å²) in [5.41, 5.74) is 6.48. The third-order valence-electron chi connectivity index (χ3n) is 5.01. The van der Waals surface area contributed by atoms with Gasteiger partial charge in [0.05, 0.1) is 6.21 Å². The summed E-state index contributed by atoms with van der Waals surface area (Å²) in [5.74, 6) is 0.279. The fourth-order valence-electron chi connectivity index (χ4n) is 2.97. The molecule has 0 aliphatic carbocycles. The molecule has 0 unspecified atom stereocenters. The maximum atomic E-state index is 12.5. The number of hydrogen-bond acceptors (Lipinski definition) is 4. The molecule has 2 N–H and O–H groups in total. The molecule has 0 radical (unpaired) electrons. The van der Waals surface area contributed by atoms with Crippen LogP contribution in [0.25, 0.3) is 0 Å². The van der Waals surface area contributed by atoms with Crippen molar-refractivity contribution >= 4 is 35.3 Å². The first-order valence-corrected chi connectivity index (χ1v) is 10.9. The molecule has 0 aliphatic heterocycles. The molecular formula is C26H26ClN3O3. The van der Waals surface area contributed by atoms with Crippen LogP contribution in [-0.4, -0.2) is 24.6 Å². The lowest BCUT2D eigenvalue weighted by Gasteiger charge is -2.10. The third-order valence-corrected chi connectivity index (χ3v) is 5.42. The Morgan fingerprint density at radius 1 is 1.03 bits per heavy atom. The van der Waals surface area contributed by atoms with Crippen molar-refractivity contribution in [2.75, 3.05) is 11.9 Å². The van der Waals surface area contributed by atoms with Gasteiger partial charge in [-0.1, -0.05) is 55.8 Å². The molecule has 3 rings (SSSR count). The largest absolute Gasteiger partial charge is 0.484 e. The van der Waals surface area contributed by atoms with Crippen molar-refractivity contribution in [2.45, 2.75) is 26.7 Å². The number of nitrogens with zero attached hydrogens (tertiary/aromatic N) is 1. The molecule has 2 amide bonds. The number of nitrogens with one attached hydrogen (secondary N) is 2. The van der Waals surface area contributed by atoms with E-state index >= 15 is 0 Å². The van der Waals surface area contributed by atoms with Gasteiger partial charge in [-0.2, -0.15) is 5.10 Å². The number of amides is 2. The van der Waals surface area contributed by atoms with E-state index in [-0.39, 0.29) is 18.4 Å². The summed E-state index contributed by atoms with van der Waals surface area (Å²) in [6, 6.07) is 19.8. The smallest absolute Gasteiger partial charge is 0.277 e. The van der Waals surface area contributed by atoms with E-state index in [4.69, 9.17) is 16.3 Å². The number of hydrogen-bond donors (Lipinski definition) is 2. The van der Waals surface area contributed by atoms with Crippen LogP contribution in [0.5, 0.6) is 5.75 Å². The van der Waals surface area contributed by atoms with Gasteiger partial charge in [-0.05, 0) is 65.9 Å². The molecule has 0 saturated carbocycles. The van der Waals surface area contributed by atoms with Gasteiger partial charge >= 0.3 is 0 Å². The SMILES string of the molecule is Cc1c(Cl)cccc1NC(=O)c1ccc(OCC(=O)NN=Cc2ccc(C(C)C)cc2)cc1. The summed E-state index contributed by atoms with van der Waals surface area (Å²) in [6.07, 6.45) is 1.58. The lowest BCUT2D eigenvalue weighted by molar-refractivity contribution is -0.123. The Kier molecular flexibility index (Phi) is 8.22. The van der Waals surface area contributed by atoms with Crippen LogP contribution in [0.15, 0.2) is 71.8 Å². The maximum absolute atomic E-state index is 12.5. The summed E-state index contributed by atoms with van der Waals surface area (Å²) in [6.45, 7) is 5.91. The van der Waals surface area contributed by atoms with Gasteiger partial charge in [0, 0.05) is 16.3 Å². The van der Waals surface area contributed by atoms with Crippen LogP contribution in [0, 0.1) is 6.92 Å². The summed E-state index contributed by atoms with van der Waals surface area (Å²) >= 11 is 6.09. The molecule has 0 saturated heterocycles. The summed E-state index contributed by atoms with van der Waals surface area (Å²) in [4.78, 5) is 24.4. The van der Waals surface area contributed by atoms with Crippen LogP contribution in [0.2, 0.25) is 5.02 Å². The number of hydrazone groups is 1. The predicted octanol–water partition coefficient (Wildman–Crippen LogP) is 5.55. The number of carbonyl (C=O) groups is 2. The van der Waals surface area contributed by atoms with Crippen molar-refractivity contribution in [3.63, 3.8) is 0 Å². The summed E-state index contributed by atoms with van der Waals surface area (Å²) in [5, 5.41) is 7.38. The number of rotatable bonds is 8. The van der Waals surface area contributed by atoms with Crippen molar-refractivity contribution in [1.29, 1.82) is 0 Å². The maximum Gasteiger partial charge on any atom is 0.277 e. The van der Waals surface area contributed by atoms with Crippen LogP contribution in [0.4, 0.5) is 5.69 Å². The number of anilines is 1. The second kappa shape index (κ2) is 11.3. The molecule has 6 nitrogen and oxygen atoms in total. The van der Waals surface area contributed by atoms with E-state index in [0.717, 1.165) is 11.1 Å². The Balaban J connectivity index is 1.47. The lowest BCUT2D eigenvalue weighted by Crippen LogP contribution is -2.24. The highest BCUT2D eigenvalue weighted by Crippen LogP contribution is 2.23. The Labute approximate surface area is 198 Å². The van der Waals surface area contributed by atoms with Crippen molar-refractivity contribution in [1.82, 2.24) is 5.43 Å². The van der Waals surface area contributed by atoms with Gasteiger partial charge in [-0.25, -0.2) is 5.43 Å². The zero-order valence-corrected chi connectivity index (χ0v) is 19.5. The molecule has 0 spiro atoms. The monoisotopic (exact) mass is 463 g/mol. The fraction of sp³-hybridized carbons (Fsp3) is 0.192. The van der Waals surface area contributed by atoms with Gasteiger partial charge in [0.2, 0.25) is 0 Å². The van der Waals surface area contributed by atoms with E-state index in [9.17, 15) is 9.59 Å². The first-order chi connectivity index (χ1) is 15.8. The van der Waals surface area contributed by atoms with Crippen molar-refractivity contribution in [2.24, 2.45) is 5.10 Å². The average molecular weight is 464 g/mol. The van der Waals surface area contributed by atoms with Crippen molar-refractivity contribution in [3.8, 4) is 5.75 Å². The number of carbonyl (C=O) groups excluding carboxylic acids is 2. The highest BCUT2D eigenvalue weighted by atomic mass is 35.5. The first-order valence-electron chi connectivity index (χ1n) is 10.5. The van der Waals surface area contributed by atoms with Crippen LogP contribution in [-0.2, 0) is 4.79 Å². The standard InChI is InChI=1S/C26H26ClN3O3/c1-17(2)20-9-7-19(8-10-20)15-28-30-25(31)16-33-22-13-11-21(12-14-22)26(32)29-24-6-4-5-23(27)18(24)3/h4-15,17H,16H2,1-3H3,(H,29,32)(H,30,31). The zero-order valence-electron chi connectivity index (χ0n) is 18.8. The molecule has 0 bridgehead atoms. The van der Waals surface area contributed by atoms with Crippen LogP contribution in [0.3, 0.4) is 0 Å².